The molecule has 0 spiro atoms. The fourth-order valence-electron chi connectivity index (χ4n) is 2.52. The van der Waals surface area contributed by atoms with Crippen molar-refractivity contribution in [2.75, 3.05) is 18.5 Å². The fourth-order valence-corrected chi connectivity index (χ4v) is 3.25. The van der Waals surface area contributed by atoms with E-state index in [1.165, 1.54) is 51.4 Å². The van der Waals surface area contributed by atoms with E-state index >= 15 is 0 Å². The van der Waals surface area contributed by atoms with Crippen LogP contribution in [-0.2, 0) is 9.47 Å². The second kappa shape index (κ2) is 6.36. The van der Waals surface area contributed by atoms with Gasteiger partial charge in [-0.2, -0.15) is 0 Å². The number of ether oxygens (including phenoxy) is 2. The summed E-state index contributed by atoms with van der Waals surface area (Å²) in [6.45, 7) is 1.54. The molecule has 0 bridgehead atoms. The highest BCUT2D eigenvalue weighted by Gasteiger charge is 2.31. The molecule has 0 heterocycles. The molecule has 2 fully saturated rings. The molecule has 0 N–H and O–H groups in total. The second-order valence-electron chi connectivity index (χ2n) is 5.15. The Morgan fingerprint density at radius 1 is 1.00 bits per heavy atom. The molecule has 0 aromatic heterocycles. The highest BCUT2D eigenvalue weighted by molar-refractivity contribution is 9.09. The lowest BCUT2D eigenvalue weighted by Crippen LogP contribution is -2.38. The van der Waals surface area contributed by atoms with Crippen LogP contribution in [0.5, 0.6) is 0 Å². The zero-order valence-electron chi connectivity index (χ0n) is 10.0. The van der Waals surface area contributed by atoms with Crippen LogP contribution >= 0.6 is 15.9 Å². The van der Waals surface area contributed by atoms with E-state index < -0.39 is 0 Å². The van der Waals surface area contributed by atoms with Crippen molar-refractivity contribution in [3.8, 4) is 0 Å². The van der Waals surface area contributed by atoms with Crippen LogP contribution < -0.4 is 0 Å². The van der Waals surface area contributed by atoms with E-state index in [0.29, 0.717) is 6.10 Å². The van der Waals surface area contributed by atoms with Crippen LogP contribution in [-0.4, -0.2) is 30.2 Å². The summed E-state index contributed by atoms with van der Waals surface area (Å²) >= 11 is 3.61. The van der Waals surface area contributed by atoms with Gasteiger partial charge in [0.15, 0.2) is 0 Å². The van der Waals surface area contributed by atoms with Gasteiger partial charge in [0.05, 0.1) is 24.9 Å². The molecule has 0 unspecified atom stereocenters. The van der Waals surface area contributed by atoms with Gasteiger partial charge >= 0.3 is 0 Å². The lowest BCUT2D eigenvalue weighted by Gasteiger charge is -2.36. The highest BCUT2D eigenvalue weighted by atomic mass is 79.9. The van der Waals surface area contributed by atoms with Crippen LogP contribution in [0.3, 0.4) is 0 Å². The van der Waals surface area contributed by atoms with Crippen molar-refractivity contribution in [2.24, 2.45) is 0 Å². The van der Waals surface area contributed by atoms with Crippen LogP contribution in [0.25, 0.3) is 0 Å². The van der Waals surface area contributed by atoms with Crippen LogP contribution in [0.15, 0.2) is 0 Å². The topological polar surface area (TPSA) is 18.5 Å². The largest absolute Gasteiger partial charge is 0.376 e. The summed E-state index contributed by atoms with van der Waals surface area (Å²) in [6.07, 6.45) is 10.8. The van der Waals surface area contributed by atoms with Gasteiger partial charge in [-0.05, 0) is 32.1 Å². The van der Waals surface area contributed by atoms with E-state index in [0.717, 1.165) is 18.5 Å². The molecule has 94 valence electrons. The van der Waals surface area contributed by atoms with E-state index in [4.69, 9.17) is 9.47 Å². The molecule has 16 heavy (non-hydrogen) atoms. The molecular weight excluding hydrogens is 268 g/mol. The molecule has 2 aliphatic rings. The minimum Gasteiger partial charge on any atom is -0.376 e. The maximum Gasteiger partial charge on any atom is 0.0780 e. The van der Waals surface area contributed by atoms with Gasteiger partial charge in [0.1, 0.15) is 0 Å². The van der Waals surface area contributed by atoms with Crippen molar-refractivity contribution >= 4 is 15.9 Å². The standard InChI is InChI=1S/C13H23BrO2/c14-11-13(7-2-1-3-8-13)16-10-9-15-12-5-4-6-12/h12H,1-11H2. The minimum absolute atomic E-state index is 0.112. The smallest absolute Gasteiger partial charge is 0.0780 e. The average Bonchev–Trinajstić information content (AvgIpc) is 2.28. The Balaban J connectivity index is 1.61. The Morgan fingerprint density at radius 2 is 1.75 bits per heavy atom. The van der Waals surface area contributed by atoms with Crippen LogP contribution in [0.2, 0.25) is 0 Å². The molecular formula is C13H23BrO2. The van der Waals surface area contributed by atoms with Crippen LogP contribution in [0.1, 0.15) is 51.4 Å². The fraction of sp³-hybridized carbons (Fsp3) is 1.00. The summed E-state index contributed by atoms with van der Waals surface area (Å²) in [5.74, 6) is 0. The van der Waals surface area contributed by atoms with Gasteiger partial charge in [-0.1, -0.05) is 35.2 Å². The number of hydrogen-bond acceptors (Lipinski definition) is 2. The number of rotatable bonds is 6. The molecule has 2 aliphatic carbocycles. The van der Waals surface area contributed by atoms with Crippen molar-refractivity contribution < 1.29 is 9.47 Å². The average molecular weight is 291 g/mol. The van der Waals surface area contributed by atoms with E-state index in [-0.39, 0.29) is 5.60 Å². The summed E-state index contributed by atoms with van der Waals surface area (Å²) in [4.78, 5) is 0. The quantitative estimate of drug-likeness (QED) is 0.549. The number of alkyl halides is 1. The summed E-state index contributed by atoms with van der Waals surface area (Å²) in [6, 6.07) is 0. The van der Waals surface area contributed by atoms with Gasteiger partial charge in [-0.15, -0.1) is 0 Å². The van der Waals surface area contributed by atoms with Crippen molar-refractivity contribution in [2.45, 2.75) is 63.1 Å². The van der Waals surface area contributed by atoms with Crippen molar-refractivity contribution in [1.82, 2.24) is 0 Å². The SMILES string of the molecule is BrCC1(OCCOC2CCC2)CCCCC1. The molecule has 3 heteroatoms. The molecule has 0 aromatic rings. The Hall–Kier alpha value is 0.400. The predicted molar refractivity (Wildman–Crippen MR) is 69.2 cm³/mol. The molecule has 2 nitrogen and oxygen atoms in total. The van der Waals surface area contributed by atoms with Crippen LogP contribution in [0.4, 0.5) is 0 Å². The van der Waals surface area contributed by atoms with Crippen molar-refractivity contribution in [3.05, 3.63) is 0 Å². The third kappa shape index (κ3) is 3.44. The first-order valence-corrected chi connectivity index (χ1v) is 7.78. The van der Waals surface area contributed by atoms with Gasteiger partial charge in [-0.25, -0.2) is 0 Å². The van der Waals surface area contributed by atoms with E-state index in [1.54, 1.807) is 0 Å². The van der Waals surface area contributed by atoms with Crippen molar-refractivity contribution in [1.29, 1.82) is 0 Å². The van der Waals surface area contributed by atoms with E-state index in [9.17, 15) is 0 Å². The van der Waals surface area contributed by atoms with Gasteiger partial charge in [0.25, 0.3) is 0 Å². The molecule has 2 saturated carbocycles. The monoisotopic (exact) mass is 290 g/mol. The van der Waals surface area contributed by atoms with Crippen molar-refractivity contribution in [3.63, 3.8) is 0 Å². The zero-order valence-corrected chi connectivity index (χ0v) is 11.6. The first-order valence-electron chi connectivity index (χ1n) is 6.66. The Kier molecular flexibility index (Phi) is 5.11. The molecule has 2 rings (SSSR count). The molecule has 0 aromatic carbocycles. The summed E-state index contributed by atoms with van der Waals surface area (Å²) in [5.41, 5.74) is 0.112. The van der Waals surface area contributed by atoms with E-state index in [1.807, 2.05) is 0 Å². The summed E-state index contributed by atoms with van der Waals surface area (Å²) < 4.78 is 11.8. The Morgan fingerprint density at radius 3 is 2.31 bits per heavy atom. The number of hydrogen-bond donors (Lipinski definition) is 0. The Labute approximate surface area is 107 Å². The summed E-state index contributed by atoms with van der Waals surface area (Å²) in [5, 5.41) is 0.976. The van der Waals surface area contributed by atoms with Gasteiger partial charge < -0.3 is 9.47 Å². The maximum absolute atomic E-state index is 6.07. The highest BCUT2D eigenvalue weighted by Crippen LogP contribution is 2.33. The predicted octanol–water partition coefficient (Wildman–Crippen LogP) is 3.67. The lowest BCUT2D eigenvalue weighted by atomic mass is 9.86. The minimum atomic E-state index is 0.112. The summed E-state index contributed by atoms with van der Waals surface area (Å²) in [7, 11) is 0. The third-order valence-electron chi connectivity index (χ3n) is 3.91. The lowest BCUT2D eigenvalue weighted by molar-refractivity contribution is -0.0912. The van der Waals surface area contributed by atoms with E-state index in [2.05, 4.69) is 15.9 Å². The first-order chi connectivity index (χ1) is 7.85. The molecule has 0 saturated heterocycles. The normalized spacial score (nSPS) is 25.3. The zero-order chi connectivity index (χ0) is 11.3. The second-order valence-corrected chi connectivity index (χ2v) is 5.71. The van der Waals surface area contributed by atoms with Gasteiger partial charge in [-0.3, -0.25) is 0 Å². The third-order valence-corrected chi connectivity index (χ3v) is 4.93. The maximum atomic E-state index is 6.07. The van der Waals surface area contributed by atoms with Crippen LogP contribution in [0, 0.1) is 0 Å². The molecule has 0 aliphatic heterocycles. The number of halogens is 1. The molecule has 0 atom stereocenters. The Bertz CT molecular complexity index is 198. The van der Waals surface area contributed by atoms with Gasteiger partial charge in [0, 0.05) is 5.33 Å². The molecule has 0 radical (unpaired) electrons. The molecule has 0 amide bonds. The van der Waals surface area contributed by atoms with Gasteiger partial charge in [0.2, 0.25) is 0 Å². The first kappa shape index (κ1) is 12.8.